The molecule has 1 rings (SSSR count). The number of ether oxygens (including phenoxy) is 1. The van der Waals surface area contributed by atoms with Crippen LogP contribution in [0.5, 0.6) is 5.75 Å². The molecule has 1 N–H and O–H groups in total. The van der Waals surface area contributed by atoms with Gasteiger partial charge in [-0.1, -0.05) is 24.8 Å². The van der Waals surface area contributed by atoms with Crippen LogP contribution >= 0.6 is 0 Å². The fraction of sp³-hybridized carbons (Fsp3) is 0.182. The van der Waals surface area contributed by atoms with Gasteiger partial charge in [-0.05, 0) is 18.6 Å². The highest BCUT2D eigenvalue weighted by molar-refractivity contribution is 5.86. The normalized spacial score (nSPS) is 9.20. The molecule has 0 fully saturated rings. The van der Waals surface area contributed by atoms with Crippen molar-refractivity contribution in [3.8, 4) is 5.75 Å². The molecular weight excluding hydrogens is 194 g/mol. The molecule has 0 amide bonds. The third-order valence-electron chi connectivity index (χ3n) is 1.81. The van der Waals surface area contributed by atoms with Crippen molar-refractivity contribution in [2.45, 2.75) is 6.92 Å². The Morgan fingerprint density at radius 2 is 2.07 bits per heavy atom. The van der Waals surface area contributed by atoms with Crippen molar-refractivity contribution in [2.24, 2.45) is 0 Å². The molecular formula is C11H13NO3. The second-order valence-corrected chi connectivity index (χ2v) is 2.94. The van der Waals surface area contributed by atoms with E-state index >= 15 is 0 Å². The van der Waals surface area contributed by atoms with Crippen LogP contribution in [0.15, 0.2) is 36.5 Å². The summed E-state index contributed by atoms with van der Waals surface area (Å²) in [7, 11) is 1.28. The molecule has 0 saturated heterocycles. The Hall–Kier alpha value is -1.97. The number of methoxy groups -OCH3 is 1. The molecule has 0 radical (unpaired) electrons. The molecule has 0 saturated carbocycles. The van der Waals surface area contributed by atoms with E-state index in [1.165, 1.54) is 7.11 Å². The van der Waals surface area contributed by atoms with Crippen LogP contribution in [0.3, 0.4) is 0 Å². The third-order valence-corrected chi connectivity index (χ3v) is 1.81. The molecule has 0 spiro atoms. The Balaban J connectivity index is 2.54. The molecule has 0 aliphatic heterocycles. The zero-order valence-corrected chi connectivity index (χ0v) is 8.74. The van der Waals surface area contributed by atoms with Gasteiger partial charge in [-0.25, -0.2) is 10.3 Å². The number of esters is 1. The molecule has 0 aliphatic rings. The van der Waals surface area contributed by atoms with E-state index in [1.807, 2.05) is 25.1 Å². The van der Waals surface area contributed by atoms with Gasteiger partial charge in [0, 0.05) is 0 Å². The SMILES string of the molecule is C=C(NOc1ccccc1C)C(=O)OC. The van der Waals surface area contributed by atoms with E-state index in [1.54, 1.807) is 6.07 Å². The van der Waals surface area contributed by atoms with Gasteiger partial charge in [-0.2, -0.15) is 0 Å². The van der Waals surface area contributed by atoms with Crippen molar-refractivity contribution in [1.29, 1.82) is 0 Å². The number of hydrogen-bond donors (Lipinski definition) is 1. The van der Waals surface area contributed by atoms with Crippen LogP contribution in [0.1, 0.15) is 5.56 Å². The predicted molar refractivity (Wildman–Crippen MR) is 56.1 cm³/mol. The van der Waals surface area contributed by atoms with Crippen molar-refractivity contribution in [1.82, 2.24) is 5.48 Å². The Kier molecular flexibility index (Phi) is 3.74. The van der Waals surface area contributed by atoms with Gasteiger partial charge in [-0.15, -0.1) is 0 Å². The largest absolute Gasteiger partial charge is 0.464 e. The number of aryl methyl sites for hydroxylation is 1. The van der Waals surface area contributed by atoms with E-state index in [0.717, 1.165) is 5.56 Å². The number of carbonyl (C=O) groups excluding carboxylic acids is 1. The third kappa shape index (κ3) is 3.02. The van der Waals surface area contributed by atoms with Crippen molar-refractivity contribution < 1.29 is 14.4 Å². The minimum atomic E-state index is -0.552. The number of nitrogens with one attached hydrogen (secondary N) is 1. The van der Waals surface area contributed by atoms with Crippen LogP contribution in [0.25, 0.3) is 0 Å². The Morgan fingerprint density at radius 1 is 1.40 bits per heavy atom. The maximum Gasteiger partial charge on any atom is 0.356 e. The Morgan fingerprint density at radius 3 is 2.67 bits per heavy atom. The van der Waals surface area contributed by atoms with E-state index in [4.69, 9.17) is 4.84 Å². The van der Waals surface area contributed by atoms with Gasteiger partial charge in [0.15, 0.2) is 5.75 Å². The summed E-state index contributed by atoms with van der Waals surface area (Å²) in [6.45, 7) is 5.36. The summed E-state index contributed by atoms with van der Waals surface area (Å²) < 4.78 is 4.45. The second kappa shape index (κ2) is 5.05. The smallest absolute Gasteiger partial charge is 0.356 e. The number of benzene rings is 1. The summed E-state index contributed by atoms with van der Waals surface area (Å²) in [4.78, 5) is 16.1. The molecule has 0 aliphatic carbocycles. The minimum Gasteiger partial charge on any atom is -0.464 e. The first-order valence-electron chi connectivity index (χ1n) is 4.41. The van der Waals surface area contributed by atoms with Crippen LogP contribution in [0, 0.1) is 6.92 Å². The van der Waals surface area contributed by atoms with Crippen LogP contribution in [0.4, 0.5) is 0 Å². The van der Waals surface area contributed by atoms with Gasteiger partial charge in [0.2, 0.25) is 0 Å². The molecule has 4 heteroatoms. The summed E-state index contributed by atoms with van der Waals surface area (Å²) in [5.74, 6) is 0.0890. The van der Waals surface area contributed by atoms with Gasteiger partial charge >= 0.3 is 5.97 Å². The van der Waals surface area contributed by atoms with Crippen LogP contribution in [0.2, 0.25) is 0 Å². The van der Waals surface area contributed by atoms with E-state index in [9.17, 15) is 4.79 Å². The monoisotopic (exact) mass is 207 g/mol. The summed E-state index contributed by atoms with van der Waals surface area (Å²) in [6.07, 6.45) is 0. The number of para-hydroxylation sites is 1. The summed E-state index contributed by atoms with van der Waals surface area (Å²) >= 11 is 0. The molecule has 15 heavy (non-hydrogen) atoms. The number of carbonyl (C=O) groups is 1. The highest BCUT2D eigenvalue weighted by Crippen LogP contribution is 2.15. The first-order valence-corrected chi connectivity index (χ1v) is 4.41. The lowest BCUT2D eigenvalue weighted by molar-refractivity contribution is -0.137. The standard InChI is InChI=1S/C11H13NO3/c1-8-6-4-5-7-10(8)15-12-9(2)11(13)14-3/h4-7,12H,2H2,1,3H3. The van der Waals surface area contributed by atoms with Crippen LogP contribution in [-0.2, 0) is 9.53 Å². The molecule has 0 heterocycles. The quantitative estimate of drug-likeness (QED) is 0.462. The Labute approximate surface area is 88.5 Å². The molecule has 80 valence electrons. The average Bonchev–Trinajstić information content (AvgIpc) is 2.26. The molecule has 4 nitrogen and oxygen atoms in total. The van der Waals surface area contributed by atoms with Gasteiger partial charge in [0.05, 0.1) is 7.11 Å². The first kappa shape index (κ1) is 11.1. The van der Waals surface area contributed by atoms with Crippen LogP contribution < -0.4 is 10.3 Å². The zero-order chi connectivity index (χ0) is 11.3. The average molecular weight is 207 g/mol. The van der Waals surface area contributed by atoms with E-state index < -0.39 is 5.97 Å². The highest BCUT2D eigenvalue weighted by Gasteiger charge is 2.06. The van der Waals surface area contributed by atoms with Crippen LogP contribution in [-0.4, -0.2) is 13.1 Å². The topological polar surface area (TPSA) is 47.6 Å². The van der Waals surface area contributed by atoms with Crippen molar-refractivity contribution in [2.75, 3.05) is 7.11 Å². The summed E-state index contributed by atoms with van der Waals surface area (Å²) in [5.41, 5.74) is 3.44. The van der Waals surface area contributed by atoms with E-state index in [-0.39, 0.29) is 5.70 Å². The number of hydroxylamine groups is 1. The Bertz CT molecular complexity index is 374. The predicted octanol–water partition coefficient (Wildman–Crippen LogP) is 1.57. The van der Waals surface area contributed by atoms with E-state index in [0.29, 0.717) is 5.75 Å². The van der Waals surface area contributed by atoms with Gasteiger partial charge in [0.25, 0.3) is 0 Å². The van der Waals surface area contributed by atoms with Crippen molar-refractivity contribution in [3.63, 3.8) is 0 Å². The summed E-state index contributed by atoms with van der Waals surface area (Å²) in [6, 6.07) is 7.42. The number of hydrogen-bond acceptors (Lipinski definition) is 4. The maximum atomic E-state index is 11.0. The molecule has 0 atom stereocenters. The van der Waals surface area contributed by atoms with Crippen molar-refractivity contribution in [3.05, 3.63) is 42.1 Å². The van der Waals surface area contributed by atoms with Gasteiger partial charge in [0.1, 0.15) is 5.70 Å². The lowest BCUT2D eigenvalue weighted by Crippen LogP contribution is -2.24. The molecule has 0 unspecified atom stereocenters. The van der Waals surface area contributed by atoms with Gasteiger partial charge < -0.3 is 9.57 Å². The molecule has 1 aromatic rings. The second-order valence-electron chi connectivity index (χ2n) is 2.94. The first-order chi connectivity index (χ1) is 7.15. The van der Waals surface area contributed by atoms with Crippen molar-refractivity contribution >= 4 is 5.97 Å². The summed E-state index contributed by atoms with van der Waals surface area (Å²) in [5, 5.41) is 0. The minimum absolute atomic E-state index is 0.0563. The van der Waals surface area contributed by atoms with E-state index in [2.05, 4.69) is 16.8 Å². The zero-order valence-electron chi connectivity index (χ0n) is 8.74. The molecule has 1 aromatic carbocycles. The highest BCUT2D eigenvalue weighted by atomic mass is 16.7. The number of rotatable bonds is 4. The van der Waals surface area contributed by atoms with Gasteiger partial charge in [-0.3, -0.25) is 0 Å². The lowest BCUT2D eigenvalue weighted by atomic mass is 10.2. The fourth-order valence-corrected chi connectivity index (χ4v) is 0.952. The fourth-order valence-electron chi connectivity index (χ4n) is 0.952. The molecule has 0 bridgehead atoms. The molecule has 0 aromatic heterocycles. The maximum absolute atomic E-state index is 11.0. The lowest BCUT2D eigenvalue weighted by Gasteiger charge is -2.10.